The molecule has 138 valence electrons. The smallest absolute Gasteiger partial charge is 0.246 e. The van der Waals surface area contributed by atoms with E-state index in [1.54, 1.807) is 29.7 Å². The number of carbonyl (C=O) groups is 2. The van der Waals surface area contributed by atoms with Gasteiger partial charge < -0.3 is 10.2 Å². The number of pyridine rings is 1. The van der Waals surface area contributed by atoms with Gasteiger partial charge in [-0.1, -0.05) is 11.6 Å². The predicted octanol–water partition coefficient (Wildman–Crippen LogP) is 2.84. The van der Waals surface area contributed by atoms with Crippen molar-refractivity contribution in [3.05, 3.63) is 57.7 Å². The number of rotatable bonds is 4. The van der Waals surface area contributed by atoms with Crippen LogP contribution in [0.3, 0.4) is 0 Å². The Balaban J connectivity index is 1.35. The Morgan fingerprint density at radius 1 is 1.30 bits per heavy atom. The highest BCUT2D eigenvalue weighted by molar-refractivity contribution is 7.09. The number of carbonyl (C=O) groups excluding carboxylic acids is 2. The zero-order valence-electron chi connectivity index (χ0n) is 14.9. The molecule has 2 aromatic heterocycles. The first-order chi connectivity index (χ1) is 13.2. The summed E-state index contributed by atoms with van der Waals surface area (Å²) in [4.78, 5) is 34.3. The quantitative estimate of drug-likeness (QED) is 0.654. The minimum atomic E-state index is 0.000789. The molecule has 7 heteroatoms. The molecule has 0 saturated carbocycles. The summed E-state index contributed by atoms with van der Waals surface area (Å²) in [5, 5.41) is 5.88. The van der Waals surface area contributed by atoms with Crippen LogP contribution < -0.4 is 5.32 Å². The lowest BCUT2D eigenvalue weighted by Gasteiger charge is -2.25. The molecule has 0 atom stereocenters. The summed E-state index contributed by atoms with van der Waals surface area (Å²) in [6.45, 7) is 1.37. The van der Waals surface area contributed by atoms with Gasteiger partial charge in [0.1, 0.15) is 5.82 Å². The van der Waals surface area contributed by atoms with Gasteiger partial charge in [0.25, 0.3) is 0 Å². The topological polar surface area (TPSA) is 75.2 Å². The zero-order chi connectivity index (χ0) is 18.6. The highest BCUT2D eigenvalue weighted by Crippen LogP contribution is 2.22. The molecule has 0 aliphatic carbocycles. The van der Waals surface area contributed by atoms with Crippen LogP contribution in [0.1, 0.15) is 29.0 Å². The first-order valence-corrected chi connectivity index (χ1v) is 9.87. The molecule has 0 fully saturated rings. The van der Waals surface area contributed by atoms with E-state index in [-0.39, 0.29) is 11.8 Å². The number of fused-ring (bicyclic) bond motifs is 1. The summed E-state index contributed by atoms with van der Waals surface area (Å²) < 4.78 is 0. The molecule has 0 unspecified atom stereocenters. The highest BCUT2D eigenvalue weighted by atomic mass is 32.1. The molecule has 2 aliphatic rings. The number of nitrogens with zero attached hydrogens (tertiary/aromatic N) is 3. The summed E-state index contributed by atoms with van der Waals surface area (Å²) in [7, 11) is 0. The van der Waals surface area contributed by atoms with Gasteiger partial charge >= 0.3 is 0 Å². The summed E-state index contributed by atoms with van der Waals surface area (Å²) in [6.07, 6.45) is 12.0. The van der Waals surface area contributed by atoms with Crippen molar-refractivity contribution in [2.45, 2.75) is 25.7 Å². The average Bonchev–Trinajstić information content (AvgIpc) is 3.19. The van der Waals surface area contributed by atoms with Crippen molar-refractivity contribution in [3.63, 3.8) is 0 Å². The number of thiazole rings is 1. The molecule has 2 amide bonds. The summed E-state index contributed by atoms with van der Waals surface area (Å²) >= 11 is 1.67. The second-order valence-electron chi connectivity index (χ2n) is 6.66. The minimum absolute atomic E-state index is 0.000789. The van der Waals surface area contributed by atoms with E-state index < -0.39 is 0 Å². The second-order valence-corrected chi connectivity index (χ2v) is 7.64. The Morgan fingerprint density at radius 2 is 2.22 bits per heavy atom. The maximum Gasteiger partial charge on any atom is 0.246 e. The van der Waals surface area contributed by atoms with E-state index >= 15 is 0 Å². The summed E-state index contributed by atoms with van der Waals surface area (Å²) in [5.74, 6) is 0.634. The van der Waals surface area contributed by atoms with Gasteiger partial charge in [0.05, 0.1) is 5.01 Å². The molecule has 0 bridgehead atoms. The molecular weight excluding hydrogens is 360 g/mol. The molecule has 27 heavy (non-hydrogen) atoms. The number of hydrogen-bond acceptors (Lipinski definition) is 5. The average molecular weight is 380 g/mol. The Kier molecular flexibility index (Phi) is 5.11. The van der Waals surface area contributed by atoms with E-state index in [2.05, 4.69) is 21.4 Å². The van der Waals surface area contributed by atoms with Crippen LogP contribution in [0.15, 0.2) is 41.6 Å². The minimum Gasteiger partial charge on any atom is -0.335 e. The molecule has 0 radical (unpaired) electrons. The van der Waals surface area contributed by atoms with Crippen LogP contribution in [0.4, 0.5) is 5.82 Å². The first-order valence-electron chi connectivity index (χ1n) is 8.99. The molecule has 0 spiro atoms. The number of nitrogens with one attached hydrogen (secondary N) is 1. The normalized spacial score (nSPS) is 16.8. The van der Waals surface area contributed by atoms with Crippen LogP contribution in [-0.2, 0) is 22.4 Å². The van der Waals surface area contributed by atoms with Crippen molar-refractivity contribution < 1.29 is 9.59 Å². The second kappa shape index (κ2) is 7.84. The van der Waals surface area contributed by atoms with Gasteiger partial charge in [-0.05, 0) is 36.1 Å². The van der Waals surface area contributed by atoms with Crippen LogP contribution in [0.25, 0.3) is 6.08 Å². The number of anilines is 1. The summed E-state index contributed by atoms with van der Waals surface area (Å²) in [5.41, 5.74) is 3.23. The Labute approximate surface area is 161 Å². The maximum atomic E-state index is 12.4. The maximum absolute atomic E-state index is 12.4. The van der Waals surface area contributed by atoms with Crippen LogP contribution in [0.2, 0.25) is 0 Å². The van der Waals surface area contributed by atoms with E-state index in [0.717, 1.165) is 35.5 Å². The molecule has 6 nitrogen and oxygen atoms in total. The fraction of sp³-hybridized carbons (Fsp3) is 0.300. The van der Waals surface area contributed by atoms with Crippen molar-refractivity contribution in [1.29, 1.82) is 0 Å². The van der Waals surface area contributed by atoms with E-state index in [9.17, 15) is 9.59 Å². The van der Waals surface area contributed by atoms with Gasteiger partial charge in [-0.25, -0.2) is 9.97 Å². The van der Waals surface area contributed by atoms with Gasteiger partial charge in [-0.3, -0.25) is 9.59 Å². The summed E-state index contributed by atoms with van der Waals surface area (Å²) in [6, 6.07) is 1.98. The van der Waals surface area contributed by atoms with Gasteiger partial charge in [-0.15, -0.1) is 11.3 Å². The van der Waals surface area contributed by atoms with E-state index in [1.807, 2.05) is 22.5 Å². The SMILES string of the molecule is O=C1CCc2cc(/C=C/C(=O)N3CC=C(Cc4nccs4)CC3)cnc2N1. The van der Waals surface area contributed by atoms with E-state index in [1.165, 1.54) is 5.57 Å². The molecule has 2 aromatic rings. The fourth-order valence-corrected chi connectivity index (χ4v) is 3.91. The van der Waals surface area contributed by atoms with Gasteiger partial charge in [0.15, 0.2) is 0 Å². The predicted molar refractivity (Wildman–Crippen MR) is 105 cm³/mol. The molecule has 1 N–H and O–H groups in total. The first kappa shape index (κ1) is 17.6. The van der Waals surface area contributed by atoms with Crippen LogP contribution in [0, 0.1) is 0 Å². The van der Waals surface area contributed by atoms with Crippen molar-refractivity contribution in [1.82, 2.24) is 14.9 Å². The number of aromatic nitrogens is 2. The molecular formula is C20H20N4O2S. The molecule has 0 aromatic carbocycles. The third-order valence-electron chi connectivity index (χ3n) is 4.76. The fourth-order valence-electron chi connectivity index (χ4n) is 3.25. The van der Waals surface area contributed by atoms with Gasteiger partial charge in [-0.2, -0.15) is 0 Å². The monoisotopic (exact) mass is 380 g/mol. The third-order valence-corrected chi connectivity index (χ3v) is 5.54. The zero-order valence-corrected chi connectivity index (χ0v) is 15.7. The van der Waals surface area contributed by atoms with Crippen molar-refractivity contribution in [2.75, 3.05) is 18.4 Å². The lowest BCUT2D eigenvalue weighted by Crippen LogP contribution is -2.33. The van der Waals surface area contributed by atoms with E-state index in [4.69, 9.17) is 0 Å². The Bertz CT molecular complexity index is 918. The largest absolute Gasteiger partial charge is 0.335 e. The lowest BCUT2D eigenvalue weighted by molar-refractivity contribution is -0.125. The molecule has 0 saturated heterocycles. The van der Waals surface area contributed by atoms with Crippen LogP contribution in [-0.4, -0.2) is 39.8 Å². The molecule has 4 heterocycles. The van der Waals surface area contributed by atoms with Gasteiger partial charge in [0.2, 0.25) is 11.8 Å². The number of aryl methyl sites for hydroxylation is 1. The Morgan fingerprint density at radius 3 is 3.00 bits per heavy atom. The van der Waals surface area contributed by atoms with Crippen molar-refractivity contribution in [2.24, 2.45) is 0 Å². The molecule has 2 aliphatic heterocycles. The van der Waals surface area contributed by atoms with Crippen molar-refractivity contribution >= 4 is 35.0 Å². The van der Waals surface area contributed by atoms with Crippen LogP contribution >= 0.6 is 11.3 Å². The van der Waals surface area contributed by atoms with Gasteiger partial charge in [0, 0.05) is 49.8 Å². The van der Waals surface area contributed by atoms with E-state index in [0.29, 0.717) is 25.2 Å². The molecule has 4 rings (SSSR count). The third kappa shape index (κ3) is 4.31. The lowest BCUT2D eigenvalue weighted by atomic mass is 10.0. The number of hydrogen-bond donors (Lipinski definition) is 1. The standard InChI is InChI=1S/C20H20N4O2S/c25-17-3-2-16-11-15(13-22-20(16)23-17)1-4-19(26)24-8-5-14(6-9-24)12-18-21-7-10-27-18/h1,4-5,7,10-11,13H,2-3,6,8-9,12H2,(H,22,23,25)/b4-1+. The van der Waals surface area contributed by atoms with Crippen molar-refractivity contribution in [3.8, 4) is 0 Å². The van der Waals surface area contributed by atoms with Crippen LogP contribution in [0.5, 0.6) is 0 Å². The highest BCUT2D eigenvalue weighted by Gasteiger charge is 2.17. The Hall–Kier alpha value is -2.80. The number of amides is 2.